The first-order chi connectivity index (χ1) is 12.1. The number of aliphatic carboxylic acids is 1. The molecular weight excluding hydrogens is 312 g/mol. The summed E-state index contributed by atoms with van der Waals surface area (Å²) < 4.78 is 0. The van der Waals surface area contributed by atoms with Gasteiger partial charge in [-0.3, -0.25) is 14.6 Å². The van der Waals surface area contributed by atoms with Crippen LogP contribution in [0.1, 0.15) is 31.0 Å². The van der Waals surface area contributed by atoms with Gasteiger partial charge in [-0.1, -0.05) is 60.7 Å². The molecule has 1 unspecified atom stereocenters. The van der Waals surface area contributed by atoms with Crippen molar-refractivity contribution in [2.75, 3.05) is 19.6 Å². The Morgan fingerprint density at radius 3 is 1.96 bits per heavy atom. The average molecular weight is 338 g/mol. The van der Waals surface area contributed by atoms with Crippen LogP contribution in [-0.4, -0.2) is 52.6 Å². The predicted octanol–water partition coefficient (Wildman–Crippen LogP) is 3.26. The first kappa shape index (κ1) is 17.6. The molecule has 2 aromatic carbocycles. The maximum absolute atomic E-state index is 11.1. The molecule has 0 aliphatic carbocycles. The van der Waals surface area contributed by atoms with E-state index in [1.165, 1.54) is 11.1 Å². The van der Waals surface area contributed by atoms with Crippen molar-refractivity contribution in [1.29, 1.82) is 0 Å². The zero-order chi connectivity index (χ0) is 17.8. The van der Waals surface area contributed by atoms with E-state index in [2.05, 4.69) is 72.2 Å². The molecule has 1 heterocycles. The van der Waals surface area contributed by atoms with E-state index in [1.54, 1.807) is 0 Å². The number of rotatable bonds is 5. The fourth-order valence-corrected chi connectivity index (χ4v) is 3.82. The predicted molar refractivity (Wildman–Crippen MR) is 99.6 cm³/mol. The van der Waals surface area contributed by atoms with Gasteiger partial charge in [0.2, 0.25) is 0 Å². The molecule has 1 fully saturated rings. The average Bonchev–Trinajstić information content (AvgIpc) is 2.61. The zero-order valence-corrected chi connectivity index (χ0v) is 14.9. The van der Waals surface area contributed by atoms with Gasteiger partial charge in [-0.15, -0.1) is 0 Å². The largest absolute Gasteiger partial charge is 0.480 e. The van der Waals surface area contributed by atoms with Crippen molar-refractivity contribution in [3.05, 3.63) is 71.8 Å². The fraction of sp³-hybridized carbons (Fsp3) is 0.381. The van der Waals surface area contributed by atoms with Gasteiger partial charge >= 0.3 is 5.97 Å². The third-order valence-corrected chi connectivity index (χ3v) is 5.06. The number of nitrogens with zero attached hydrogens (tertiary/aromatic N) is 2. The van der Waals surface area contributed by atoms with Gasteiger partial charge in [-0.2, -0.15) is 0 Å². The maximum atomic E-state index is 11.1. The van der Waals surface area contributed by atoms with Crippen LogP contribution in [0.25, 0.3) is 0 Å². The minimum atomic E-state index is -0.754. The standard InChI is InChI=1S/C21H26N2O2/c1-16-14-23(17(2)13-22(16)15-20(24)25)21(18-9-5-3-6-10-18)19-11-7-4-8-12-19/h3-12,16-17,21H,13-15H2,1-2H3,(H,24,25)/t16-,17?/m1/s1. The van der Waals surface area contributed by atoms with Gasteiger partial charge in [0, 0.05) is 25.2 Å². The number of piperazine rings is 1. The van der Waals surface area contributed by atoms with Crippen molar-refractivity contribution in [2.45, 2.75) is 32.0 Å². The molecule has 3 rings (SSSR count). The van der Waals surface area contributed by atoms with Crippen LogP contribution in [0, 0.1) is 0 Å². The lowest BCUT2D eigenvalue weighted by Crippen LogP contribution is -2.58. The van der Waals surface area contributed by atoms with Crippen molar-refractivity contribution in [1.82, 2.24) is 9.80 Å². The molecule has 4 nitrogen and oxygen atoms in total. The SMILES string of the molecule is CC1CN(CC(=O)O)[C@H](C)CN1C(c1ccccc1)c1ccccc1. The highest BCUT2D eigenvalue weighted by atomic mass is 16.4. The van der Waals surface area contributed by atoms with E-state index in [0.29, 0.717) is 0 Å². The van der Waals surface area contributed by atoms with E-state index in [-0.39, 0.29) is 24.7 Å². The van der Waals surface area contributed by atoms with Crippen LogP contribution in [0.15, 0.2) is 60.7 Å². The molecule has 4 heteroatoms. The number of carboxylic acid groups (broad SMARTS) is 1. The van der Waals surface area contributed by atoms with Gasteiger partial charge in [-0.05, 0) is 25.0 Å². The summed E-state index contributed by atoms with van der Waals surface area (Å²) in [6, 6.07) is 21.8. The molecule has 132 valence electrons. The second kappa shape index (κ2) is 7.81. The lowest BCUT2D eigenvalue weighted by atomic mass is 9.93. The van der Waals surface area contributed by atoms with Crippen LogP contribution >= 0.6 is 0 Å². The van der Waals surface area contributed by atoms with Gasteiger partial charge in [0.1, 0.15) is 0 Å². The summed E-state index contributed by atoms with van der Waals surface area (Å²) in [5.74, 6) is -0.754. The van der Waals surface area contributed by atoms with Gasteiger partial charge in [0.25, 0.3) is 0 Å². The highest BCUT2D eigenvalue weighted by molar-refractivity contribution is 5.69. The van der Waals surface area contributed by atoms with Gasteiger partial charge in [0.15, 0.2) is 0 Å². The van der Waals surface area contributed by atoms with Crippen molar-refractivity contribution in [3.63, 3.8) is 0 Å². The molecule has 0 aromatic heterocycles. The van der Waals surface area contributed by atoms with E-state index < -0.39 is 5.97 Å². The summed E-state index contributed by atoms with van der Waals surface area (Å²) in [4.78, 5) is 15.7. The van der Waals surface area contributed by atoms with Gasteiger partial charge in [0.05, 0.1) is 12.6 Å². The molecule has 0 bridgehead atoms. The van der Waals surface area contributed by atoms with Crippen LogP contribution in [0.2, 0.25) is 0 Å². The molecule has 25 heavy (non-hydrogen) atoms. The Kier molecular flexibility index (Phi) is 5.51. The number of carboxylic acids is 1. The van der Waals surface area contributed by atoms with Crippen molar-refractivity contribution in [2.24, 2.45) is 0 Å². The first-order valence-corrected chi connectivity index (χ1v) is 8.87. The summed E-state index contributed by atoms with van der Waals surface area (Å²) in [6.07, 6.45) is 0. The van der Waals surface area contributed by atoms with E-state index >= 15 is 0 Å². The van der Waals surface area contributed by atoms with Crippen LogP contribution in [0.3, 0.4) is 0 Å². The molecular formula is C21H26N2O2. The van der Waals surface area contributed by atoms with E-state index in [9.17, 15) is 4.79 Å². The summed E-state index contributed by atoms with van der Waals surface area (Å²) in [5.41, 5.74) is 2.55. The third kappa shape index (κ3) is 4.09. The Morgan fingerprint density at radius 2 is 1.48 bits per heavy atom. The number of hydrogen-bond acceptors (Lipinski definition) is 3. The Morgan fingerprint density at radius 1 is 0.960 bits per heavy atom. The van der Waals surface area contributed by atoms with Crippen LogP contribution in [-0.2, 0) is 4.79 Å². The Balaban J connectivity index is 1.91. The quantitative estimate of drug-likeness (QED) is 0.909. The molecule has 0 radical (unpaired) electrons. The van der Waals surface area contributed by atoms with Crippen molar-refractivity contribution >= 4 is 5.97 Å². The van der Waals surface area contributed by atoms with Crippen LogP contribution in [0.5, 0.6) is 0 Å². The normalized spacial score (nSPS) is 22.2. The second-order valence-corrected chi connectivity index (χ2v) is 6.94. The first-order valence-electron chi connectivity index (χ1n) is 8.87. The molecule has 1 N–H and O–H groups in total. The maximum Gasteiger partial charge on any atom is 0.317 e. The second-order valence-electron chi connectivity index (χ2n) is 6.94. The van der Waals surface area contributed by atoms with Gasteiger partial charge < -0.3 is 5.11 Å². The number of hydrogen-bond donors (Lipinski definition) is 1. The molecule has 2 aromatic rings. The molecule has 1 aliphatic heterocycles. The molecule has 0 spiro atoms. The van der Waals surface area contributed by atoms with Crippen LogP contribution < -0.4 is 0 Å². The van der Waals surface area contributed by atoms with E-state index in [1.807, 2.05) is 12.1 Å². The van der Waals surface area contributed by atoms with Crippen molar-refractivity contribution < 1.29 is 9.90 Å². The van der Waals surface area contributed by atoms with E-state index in [4.69, 9.17) is 5.11 Å². The highest BCUT2D eigenvalue weighted by Crippen LogP contribution is 2.32. The summed E-state index contributed by atoms with van der Waals surface area (Å²) >= 11 is 0. The minimum absolute atomic E-state index is 0.112. The highest BCUT2D eigenvalue weighted by Gasteiger charge is 2.35. The van der Waals surface area contributed by atoms with E-state index in [0.717, 1.165) is 13.1 Å². The number of carbonyl (C=O) groups is 1. The summed E-state index contributed by atoms with van der Waals surface area (Å²) in [7, 11) is 0. The van der Waals surface area contributed by atoms with Crippen molar-refractivity contribution in [3.8, 4) is 0 Å². The molecule has 0 saturated carbocycles. The molecule has 1 saturated heterocycles. The third-order valence-electron chi connectivity index (χ3n) is 5.06. The molecule has 1 aliphatic rings. The zero-order valence-electron chi connectivity index (χ0n) is 14.9. The molecule has 0 amide bonds. The summed E-state index contributed by atoms with van der Waals surface area (Å²) in [6.45, 7) is 6.04. The Bertz CT molecular complexity index is 650. The summed E-state index contributed by atoms with van der Waals surface area (Å²) in [5, 5.41) is 9.15. The van der Waals surface area contributed by atoms with Gasteiger partial charge in [-0.25, -0.2) is 0 Å². The smallest absolute Gasteiger partial charge is 0.317 e. The lowest BCUT2D eigenvalue weighted by Gasteiger charge is -2.47. The lowest BCUT2D eigenvalue weighted by molar-refractivity contribution is -0.140. The minimum Gasteiger partial charge on any atom is -0.480 e. The topological polar surface area (TPSA) is 43.8 Å². The monoisotopic (exact) mass is 338 g/mol. The Labute approximate surface area is 149 Å². The van der Waals surface area contributed by atoms with Crippen LogP contribution in [0.4, 0.5) is 0 Å². The Hall–Kier alpha value is -2.17. The molecule has 2 atom stereocenters. The number of benzene rings is 2. The fourth-order valence-electron chi connectivity index (χ4n) is 3.82.